The first-order valence-electron chi connectivity index (χ1n) is 5.99. The number of morpholine rings is 1. The van der Waals surface area contributed by atoms with Gasteiger partial charge in [0.05, 0.1) is 19.2 Å². The third-order valence-electron chi connectivity index (χ3n) is 3.01. The molecule has 0 saturated carbocycles. The number of benzene rings is 1. The summed E-state index contributed by atoms with van der Waals surface area (Å²) in [5, 5.41) is 0. The van der Waals surface area contributed by atoms with Crippen LogP contribution in [0.3, 0.4) is 0 Å². The second kappa shape index (κ2) is 5.46. The fourth-order valence-electron chi connectivity index (χ4n) is 2.02. The van der Waals surface area contributed by atoms with Crippen LogP contribution in [0.15, 0.2) is 24.3 Å². The Morgan fingerprint density at radius 3 is 2.78 bits per heavy atom. The first-order chi connectivity index (χ1) is 8.58. The normalized spacial score (nSPS) is 21.7. The number of nitrogens with two attached hydrogens (primary N) is 1. The fraction of sp³-hybridized carbons (Fsp3) is 0.462. The van der Waals surface area contributed by atoms with E-state index in [1.165, 1.54) is 12.1 Å². The second-order valence-electron chi connectivity index (χ2n) is 4.48. The summed E-state index contributed by atoms with van der Waals surface area (Å²) in [7, 11) is 0. The highest BCUT2D eigenvalue weighted by Gasteiger charge is 2.26. The van der Waals surface area contributed by atoms with Crippen LogP contribution in [-0.2, 0) is 9.53 Å². The lowest BCUT2D eigenvalue weighted by Crippen LogP contribution is -2.48. The van der Waals surface area contributed by atoms with Crippen LogP contribution in [0.1, 0.15) is 18.6 Å². The Balaban J connectivity index is 2.07. The van der Waals surface area contributed by atoms with Gasteiger partial charge in [-0.05, 0) is 24.6 Å². The third kappa shape index (κ3) is 2.86. The van der Waals surface area contributed by atoms with E-state index in [2.05, 4.69) is 0 Å². The average Bonchev–Trinajstić information content (AvgIpc) is 2.38. The first kappa shape index (κ1) is 13.0. The Morgan fingerprint density at radius 2 is 2.17 bits per heavy atom. The zero-order chi connectivity index (χ0) is 13.1. The van der Waals surface area contributed by atoms with Gasteiger partial charge in [0.25, 0.3) is 0 Å². The number of amides is 1. The van der Waals surface area contributed by atoms with Gasteiger partial charge in [-0.2, -0.15) is 0 Å². The summed E-state index contributed by atoms with van der Waals surface area (Å²) >= 11 is 0. The van der Waals surface area contributed by atoms with E-state index in [-0.39, 0.29) is 17.8 Å². The van der Waals surface area contributed by atoms with Gasteiger partial charge in [0, 0.05) is 6.54 Å². The molecule has 1 amide bonds. The first-order valence-corrected chi connectivity index (χ1v) is 5.99. The molecule has 0 radical (unpaired) electrons. The molecule has 1 aliphatic rings. The maximum Gasteiger partial charge on any atom is 0.239 e. The minimum Gasteiger partial charge on any atom is -0.370 e. The monoisotopic (exact) mass is 252 g/mol. The molecule has 0 spiro atoms. The van der Waals surface area contributed by atoms with E-state index in [1.807, 2.05) is 0 Å². The summed E-state index contributed by atoms with van der Waals surface area (Å²) < 4.78 is 18.4. The van der Waals surface area contributed by atoms with Crippen molar-refractivity contribution in [1.29, 1.82) is 0 Å². The van der Waals surface area contributed by atoms with Gasteiger partial charge in [0.1, 0.15) is 11.9 Å². The van der Waals surface area contributed by atoms with E-state index in [1.54, 1.807) is 24.0 Å². The van der Waals surface area contributed by atoms with Gasteiger partial charge in [-0.15, -0.1) is 0 Å². The zero-order valence-corrected chi connectivity index (χ0v) is 10.3. The van der Waals surface area contributed by atoms with Gasteiger partial charge in [0.15, 0.2) is 0 Å². The predicted octanol–water partition coefficient (Wildman–Crippen LogP) is 1.07. The van der Waals surface area contributed by atoms with E-state index < -0.39 is 6.04 Å². The molecule has 1 heterocycles. The van der Waals surface area contributed by atoms with Crippen molar-refractivity contribution in [3.8, 4) is 0 Å². The van der Waals surface area contributed by atoms with E-state index in [0.717, 1.165) is 5.56 Å². The van der Waals surface area contributed by atoms with Gasteiger partial charge < -0.3 is 15.4 Å². The van der Waals surface area contributed by atoms with Crippen molar-refractivity contribution in [1.82, 2.24) is 4.90 Å². The van der Waals surface area contributed by atoms with Gasteiger partial charge >= 0.3 is 0 Å². The van der Waals surface area contributed by atoms with Crippen molar-refractivity contribution in [2.24, 2.45) is 5.73 Å². The molecule has 2 atom stereocenters. The van der Waals surface area contributed by atoms with Crippen LogP contribution >= 0.6 is 0 Å². The molecule has 5 heteroatoms. The Morgan fingerprint density at radius 1 is 1.50 bits per heavy atom. The molecule has 1 fully saturated rings. The number of carbonyl (C=O) groups excluding carboxylic acids is 1. The van der Waals surface area contributed by atoms with Gasteiger partial charge in [-0.1, -0.05) is 12.1 Å². The van der Waals surface area contributed by atoms with Crippen molar-refractivity contribution in [2.45, 2.75) is 19.1 Å². The Kier molecular flexibility index (Phi) is 3.93. The number of hydrogen-bond donors (Lipinski definition) is 1. The molecule has 1 aromatic rings. The lowest BCUT2D eigenvalue weighted by atomic mass is 10.1. The summed E-state index contributed by atoms with van der Waals surface area (Å²) in [5.41, 5.74) is 6.46. The van der Waals surface area contributed by atoms with Crippen molar-refractivity contribution in [2.75, 3.05) is 19.7 Å². The van der Waals surface area contributed by atoms with E-state index in [9.17, 15) is 9.18 Å². The van der Waals surface area contributed by atoms with Crippen molar-refractivity contribution >= 4 is 5.91 Å². The SMILES string of the molecule is C[C@H](N)C(=O)N1CCOC(c2ccc(F)cc2)C1. The summed E-state index contributed by atoms with van der Waals surface area (Å²) in [6.07, 6.45) is -0.206. The quantitative estimate of drug-likeness (QED) is 0.856. The van der Waals surface area contributed by atoms with E-state index in [0.29, 0.717) is 19.7 Å². The molecule has 0 aliphatic carbocycles. The third-order valence-corrected chi connectivity index (χ3v) is 3.01. The second-order valence-corrected chi connectivity index (χ2v) is 4.48. The largest absolute Gasteiger partial charge is 0.370 e. The molecule has 98 valence electrons. The summed E-state index contributed by atoms with van der Waals surface area (Å²) in [6, 6.07) is 5.65. The number of nitrogens with zero attached hydrogens (tertiary/aromatic N) is 1. The van der Waals surface area contributed by atoms with Gasteiger partial charge in [-0.3, -0.25) is 4.79 Å². The molecule has 1 unspecified atom stereocenters. The molecule has 2 rings (SSSR count). The van der Waals surface area contributed by atoms with Crippen molar-refractivity contribution in [3.63, 3.8) is 0 Å². The highest BCUT2D eigenvalue weighted by molar-refractivity contribution is 5.81. The summed E-state index contributed by atoms with van der Waals surface area (Å²) in [4.78, 5) is 13.5. The summed E-state index contributed by atoms with van der Waals surface area (Å²) in [5.74, 6) is -0.358. The number of ether oxygens (including phenoxy) is 1. The highest BCUT2D eigenvalue weighted by atomic mass is 19.1. The molecule has 1 aliphatic heterocycles. The number of halogens is 1. The Labute approximate surface area is 106 Å². The van der Waals surface area contributed by atoms with Crippen LogP contribution in [0.25, 0.3) is 0 Å². The van der Waals surface area contributed by atoms with Crippen molar-refractivity contribution in [3.05, 3.63) is 35.6 Å². The predicted molar refractivity (Wildman–Crippen MR) is 65.3 cm³/mol. The molecule has 0 aromatic heterocycles. The molecular weight excluding hydrogens is 235 g/mol. The highest BCUT2D eigenvalue weighted by Crippen LogP contribution is 2.22. The molecular formula is C13H17FN2O2. The number of rotatable bonds is 2. The molecule has 0 bridgehead atoms. The smallest absolute Gasteiger partial charge is 0.239 e. The van der Waals surface area contributed by atoms with E-state index >= 15 is 0 Å². The average molecular weight is 252 g/mol. The lowest BCUT2D eigenvalue weighted by molar-refractivity contribution is -0.140. The van der Waals surface area contributed by atoms with Gasteiger partial charge in [0.2, 0.25) is 5.91 Å². The van der Waals surface area contributed by atoms with Crippen LogP contribution < -0.4 is 5.73 Å². The van der Waals surface area contributed by atoms with E-state index in [4.69, 9.17) is 10.5 Å². The van der Waals surface area contributed by atoms with Crippen LogP contribution in [0.5, 0.6) is 0 Å². The number of carbonyl (C=O) groups is 1. The maximum absolute atomic E-state index is 12.8. The maximum atomic E-state index is 12.8. The molecule has 1 saturated heterocycles. The Bertz CT molecular complexity index is 420. The summed E-state index contributed by atoms with van der Waals surface area (Å²) in [6.45, 7) is 3.16. The minimum atomic E-state index is -0.503. The van der Waals surface area contributed by atoms with Crippen LogP contribution in [0.4, 0.5) is 4.39 Å². The Hall–Kier alpha value is -1.46. The minimum absolute atomic E-state index is 0.0783. The molecule has 2 N–H and O–H groups in total. The van der Waals surface area contributed by atoms with Crippen LogP contribution in [0, 0.1) is 5.82 Å². The fourth-order valence-corrected chi connectivity index (χ4v) is 2.02. The molecule has 18 heavy (non-hydrogen) atoms. The topological polar surface area (TPSA) is 55.6 Å². The standard InChI is InChI=1S/C13H17FN2O2/c1-9(15)13(17)16-6-7-18-12(8-16)10-2-4-11(14)5-3-10/h2-5,9,12H,6-8,15H2,1H3/t9-,12?/m0/s1. The van der Waals surface area contributed by atoms with Crippen molar-refractivity contribution < 1.29 is 13.9 Å². The van der Waals surface area contributed by atoms with Gasteiger partial charge in [-0.25, -0.2) is 4.39 Å². The molecule has 4 nitrogen and oxygen atoms in total. The van der Waals surface area contributed by atoms with Crippen LogP contribution in [0.2, 0.25) is 0 Å². The molecule has 1 aromatic carbocycles. The number of hydrogen-bond acceptors (Lipinski definition) is 3. The lowest BCUT2D eigenvalue weighted by Gasteiger charge is -2.34. The van der Waals surface area contributed by atoms with Crippen LogP contribution in [-0.4, -0.2) is 36.5 Å². The zero-order valence-electron chi connectivity index (χ0n) is 10.3.